The van der Waals surface area contributed by atoms with Crippen molar-refractivity contribution in [1.82, 2.24) is 10.3 Å². The van der Waals surface area contributed by atoms with Gasteiger partial charge in [0, 0.05) is 23.3 Å². The molecule has 1 aromatic heterocycles. The maximum absolute atomic E-state index is 9.64. The highest BCUT2D eigenvalue weighted by Gasteiger charge is 2.21. The van der Waals surface area contributed by atoms with E-state index in [1.165, 1.54) is 12.8 Å². The first-order valence-corrected chi connectivity index (χ1v) is 6.18. The topological polar surface area (TPSA) is 54.4 Å². The quantitative estimate of drug-likeness (QED) is 0.829. The summed E-state index contributed by atoms with van der Waals surface area (Å²) < 4.78 is 6.29. The predicted octanol–water partition coefficient (Wildman–Crippen LogP) is 1.34. The zero-order chi connectivity index (χ0) is 11.4. The summed E-state index contributed by atoms with van der Waals surface area (Å²) in [4.78, 5) is 3.98. The molecule has 1 aliphatic carbocycles. The van der Waals surface area contributed by atoms with E-state index in [9.17, 15) is 5.11 Å². The highest BCUT2D eigenvalue weighted by Crippen LogP contribution is 2.18. The van der Waals surface area contributed by atoms with Crippen LogP contribution in [0.25, 0.3) is 0 Å². The number of rotatable bonds is 6. The number of aliphatic hydroxyl groups excluding tert-OH is 1. The van der Waals surface area contributed by atoms with Crippen LogP contribution in [0, 0.1) is 0 Å². The summed E-state index contributed by atoms with van der Waals surface area (Å²) in [7, 11) is 0. The fourth-order valence-electron chi connectivity index (χ4n) is 1.31. The smallest absolute Gasteiger partial charge is 0.138 e. The number of aromatic nitrogens is 1. The molecule has 1 atom stereocenters. The zero-order valence-electron chi connectivity index (χ0n) is 8.90. The van der Waals surface area contributed by atoms with E-state index in [2.05, 4.69) is 26.2 Å². The summed E-state index contributed by atoms with van der Waals surface area (Å²) in [5.74, 6) is 0.667. The van der Waals surface area contributed by atoms with Crippen molar-refractivity contribution in [2.24, 2.45) is 0 Å². The van der Waals surface area contributed by atoms with Gasteiger partial charge in [-0.1, -0.05) is 0 Å². The minimum Gasteiger partial charge on any atom is -0.489 e. The lowest BCUT2D eigenvalue weighted by atomic mass is 10.3. The number of halogens is 1. The van der Waals surface area contributed by atoms with Crippen LogP contribution in [0.15, 0.2) is 22.9 Å². The SMILES string of the molecule is OC(CNC1CC1)COc1cncc(Br)c1. The van der Waals surface area contributed by atoms with Crippen LogP contribution in [-0.2, 0) is 0 Å². The molecular formula is C11H15BrN2O2. The van der Waals surface area contributed by atoms with Crippen LogP contribution in [0.5, 0.6) is 5.75 Å². The number of hydrogen-bond acceptors (Lipinski definition) is 4. The molecule has 2 rings (SSSR count). The van der Waals surface area contributed by atoms with E-state index in [1.807, 2.05) is 6.07 Å². The number of ether oxygens (including phenoxy) is 1. The van der Waals surface area contributed by atoms with Crippen molar-refractivity contribution in [2.45, 2.75) is 25.0 Å². The normalized spacial score (nSPS) is 17.1. The van der Waals surface area contributed by atoms with Gasteiger partial charge in [-0.3, -0.25) is 4.98 Å². The molecule has 4 nitrogen and oxygen atoms in total. The molecule has 16 heavy (non-hydrogen) atoms. The maximum Gasteiger partial charge on any atom is 0.138 e. The Morgan fingerprint density at radius 2 is 2.38 bits per heavy atom. The lowest BCUT2D eigenvalue weighted by Crippen LogP contribution is -2.32. The van der Waals surface area contributed by atoms with E-state index < -0.39 is 6.10 Å². The van der Waals surface area contributed by atoms with Gasteiger partial charge in [-0.05, 0) is 34.8 Å². The Morgan fingerprint density at radius 1 is 1.56 bits per heavy atom. The molecule has 1 unspecified atom stereocenters. The molecule has 0 amide bonds. The average Bonchev–Trinajstić information content (AvgIpc) is 3.07. The molecule has 1 saturated carbocycles. The van der Waals surface area contributed by atoms with Crippen LogP contribution in [0.1, 0.15) is 12.8 Å². The molecule has 2 N–H and O–H groups in total. The largest absolute Gasteiger partial charge is 0.489 e. The third-order valence-electron chi connectivity index (χ3n) is 2.34. The number of nitrogens with zero attached hydrogens (tertiary/aromatic N) is 1. The van der Waals surface area contributed by atoms with Crippen molar-refractivity contribution >= 4 is 15.9 Å². The van der Waals surface area contributed by atoms with Crippen LogP contribution in [-0.4, -0.2) is 35.4 Å². The number of hydrogen-bond donors (Lipinski definition) is 2. The molecule has 0 aromatic carbocycles. The van der Waals surface area contributed by atoms with Crippen LogP contribution in [0.4, 0.5) is 0 Å². The molecule has 1 heterocycles. The first-order valence-electron chi connectivity index (χ1n) is 5.39. The van der Waals surface area contributed by atoms with Crippen molar-refractivity contribution < 1.29 is 9.84 Å². The summed E-state index contributed by atoms with van der Waals surface area (Å²) in [5, 5.41) is 12.9. The highest BCUT2D eigenvalue weighted by atomic mass is 79.9. The molecule has 5 heteroatoms. The van der Waals surface area contributed by atoms with Crippen molar-refractivity contribution in [3.05, 3.63) is 22.9 Å². The van der Waals surface area contributed by atoms with Gasteiger partial charge in [-0.25, -0.2) is 0 Å². The van der Waals surface area contributed by atoms with E-state index >= 15 is 0 Å². The molecule has 0 saturated heterocycles. The first kappa shape index (κ1) is 11.8. The summed E-state index contributed by atoms with van der Waals surface area (Å²) in [6, 6.07) is 2.44. The molecule has 0 aliphatic heterocycles. The van der Waals surface area contributed by atoms with Gasteiger partial charge in [0.1, 0.15) is 18.5 Å². The molecule has 88 valence electrons. The van der Waals surface area contributed by atoms with Gasteiger partial charge in [0.25, 0.3) is 0 Å². The molecule has 1 aliphatic rings. The molecule has 0 bridgehead atoms. The van der Waals surface area contributed by atoms with Gasteiger partial charge >= 0.3 is 0 Å². The Kier molecular flexibility index (Phi) is 4.15. The maximum atomic E-state index is 9.64. The van der Waals surface area contributed by atoms with Crippen molar-refractivity contribution in [1.29, 1.82) is 0 Å². The van der Waals surface area contributed by atoms with Crippen LogP contribution in [0.2, 0.25) is 0 Å². The van der Waals surface area contributed by atoms with Crippen molar-refractivity contribution in [2.75, 3.05) is 13.2 Å². The molecule has 0 spiro atoms. The Balaban J connectivity index is 1.69. The lowest BCUT2D eigenvalue weighted by Gasteiger charge is -2.12. The van der Waals surface area contributed by atoms with Gasteiger partial charge in [-0.2, -0.15) is 0 Å². The fourth-order valence-corrected chi connectivity index (χ4v) is 1.66. The second-order valence-corrected chi connectivity index (χ2v) is 4.90. The fraction of sp³-hybridized carbons (Fsp3) is 0.545. The summed E-state index contributed by atoms with van der Waals surface area (Å²) in [6.45, 7) is 0.879. The van der Waals surface area contributed by atoms with Gasteiger partial charge in [0.05, 0.1) is 6.20 Å². The van der Waals surface area contributed by atoms with Crippen LogP contribution >= 0.6 is 15.9 Å². The Bertz CT molecular complexity index is 345. The summed E-state index contributed by atoms with van der Waals surface area (Å²) >= 11 is 3.31. The van der Waals surface area contributed by atoms with E-state index in [0.29, 0.717) is 18.3 Å². The minimum absolute atomic E-state index is 0.290. The molecule has 0 radical (unpaired) electrons. The van der Waals surface area contributed by atoms with Crippen LogP contribution < -0.4 is 10.1 Å². The number of pyridine rings is 1. The predicted molar refractivity (Wildman–Crippen MR) is 64.5 cm³/mol. The number of aliphatic hydroxyl groups is 1. The molecule has 1 fully saturated rings. The lowest BCUT2D eigenvalue weighted by molar-refractivity contribution is 0.106. The van der Waals surface area contributed by atoms with Gasteiger partial charge in [-0.15, -0.1) is 0 Å². The van der Waals surface area contributed by atoms with Crippen molar-refractivity contribution in [3.63, 3.8) is 0 Å². The van der Waals surface area contributed by atoms with E-state index in [1.54, 1.807) is 12.4 Å². The van der Waals surface area contributed by atoms with Crippen LogP contribution in [0.3, 0.4) is 0 Å². The Hall–Kier alpha value is -0.650. The first-order chi connectivity index (χ1) is 7.74. The number of nitrogens with one attached hydrogen (secondary N) is 1. The monoisotopic (exact) mass is 286 g/mol. The second kappa shape index (κ2) is 5.61. The standard InChI is InChI=1S/C11H15BrN2O2/c12-8-3-11(6-13-4-8)16-7-10(15)5-14-9-1-2-9/h3-4,6,9-10,14-15H,1-2,5,7H2. The third-order valence-corrected chi connectivity index (χ3v) is 2.78. The van der Waals surface area contributed by atoms with Gasteiger partial charge < -0.3 is 15.2 Å². The highest BCUT2D eigenvalue weighted by molar-refractivity contribution is 9.10. The third kappa shape index (κ3) is 4.08. The van der Waals surface area contributed by atoms with E-state index in [0.717, 1.165) is 4.47 Å². The minimum atomic E-state index is -0.473. The summed E-state index contributed by atoms with van der Waals surface area (Å²) in [5.41, 5.74) is 0. The summed E-state index contributed by atoms with van der Waals surface area (Å²) in [6.07, 6.45) is 5.30. The molecule has 1 aromatic rings. The van der Waals surface area contributed by atoms with Gasteiger partial charge in [0.2, 0.25) is 0 Å². The van der Waals surface area contributed by atoms with Crippen molar-refractivity contribution in [3.8, 4) is 5.75 Å². The Labute approximate surface area is 103 Å². The molecular weight excluding hydrogens is 272 g/mol. The van der Waals surface area contributed by atoms with E-state index in [4.69, 9.17) is 4.74 Å². The zero-order valence-corrected chi connectivity index (χ0v) is 10.5. The van der Waals surface area contributed by atoms with E-state index in [-0.39, 0.29) is 6.61 Å². The second-order valence-electron chi connectivity index (χ2n) is 3.99. The Morgan fingerprint density at radius 3 is 3.06 bits per heavy atom. The van der Waals surface area contributed by atoms with Gasteiger partial charge in [0.15, 0.2) is 0 Å². The average molecular weight is 287 g/mol.